The van der Waals surface area contributed by atoms with E-state index in [1.165, 1.54) is 27.4 Å². The highest BCUT2D eigenvalue weighted by Gasteiger charge is 2.19. The molecule has 0 fully saturated rings. The number of H-pyrrole nitrogens is 1. The van der Waals surface area contributed by atoms with Crippen molar-refractivity contribution in [1.82, 2.24) is 19.7 Å². The Kier molecular flexibility index (Phi) is 6.26. The summed E-state index contributed by atoms with van der Waals surface area (Å²) in [6.07, 6.45) is 0.456. The van der Waals surface area contributed by atoms with Crippen LogP contribution in [-0.4, -0.2) is 31.5 Å². The Morgan fingerprint density at radius 3 is 2.41 bits per heavy atom. The summed E-state index contributed by atoms with van der Waals surface area (Å²) >= 11 is 2.74. The van der Waals surface area contributed by atoms with E-state index in [9.17, 15) is 9.90 Å². The number of nitrogens with zero attached hydrogens (tertiary/aromatic N) is 5. The maximum Gasteiger partial charge on any atom is 0.301 e. The molecule has 0 aliphatic heterocycles. The molecule has 0 aliphatic rings. The van der Waals surface area contributed by atoms with Gasteiger partial charge in [0.05, 0.1) is 17.1 Å². The fourth-order valence-electron chi connectivity index (χ4n) is 3.46. The summed E-state index contributed by atoms with van der Waals surface area (Å²) in [4.78, 5) is 23.4. The molecule has 0 amide bonds. The monoisotopic (exact) mass is 488 g/mol. The Morgan fingerprint density at radius 1 is 1.00 bits per heavy atom. The van der Waals surface area contributed by atoms with Crippen LogP contribution in [0.15, 0.2) is 81.1 Å². The molecule has 8 nitrogen and oxygen atoms in total. The van der Waals surface area contributed by atoms with Gasteiger partial charge in [-0.25, -0.2) is 9.97 Å². The first-order chi connectivity index (χ1) is 16.6. The van der Waals surface area contributed by atoms with E-state index in [0.29, 0.717) is 22.4 Å². The molecule has 2 aromatic carbocycles. The predicted octanol–water partition coefficient (Wildman–Crippen LogP) is 5.67. The molecule has 0 unspecified atom stereocenters. The summed E-state index contributed by atoms with van der Waals surface area (Å²) in [5.41, 5.74) is 3.75. The molecule has 0 bridgehead atoms. The first-order valence-corrected chi connectivity index (χ1v) is 12.2. The van der Waals surface area contributed by atoms with Crippen LogP contribution in [0.5, 0.6) is 0 Å². The van der Waals surface area contributed by atoms with Gasteiger partial charge in [0.1, 0.15) is 0 Å². The molecule has 5 aromatic rings. The summed E-state index contributed by atoms with van der Waals surface area (Å²) in [5, 5.41) is 23.8. The number of azo groups is 1. The summed E-state index contributed by atoms with van der Waals surface area (Å²) in [7, 11) is 0. The van der Waals surface area contributed by atoms with Crippen LogP contribution in [0.2, 0.25) is 0 Å². The van der Waals surface area contributed by atoms with E-state index in [-0.39, 0.29) is 17.9 Å². The van der Waals surface area contributed by atoms with Crippen LogP contribution in [0.25, 0.3) is 27.6 Å². The third kappa shape index (κ3) is 4.38. The summed E-state index contributed by atoms with van der Waals surface area (Å²) in [5.74, 6) is 0. The minimum atomic E-state index is -0.347. The number of hydrogen-bond donors (Lipinski definition) is 2. The zero-order valence-electron chi connectivity index (χ0n) is 18.2. The standard InChI is InChI=1S/C24H20N6O2S2/c1-15-18(12-13-31)25-23(34-15)28-27-21-20(17-10-6-3-7-11-17)29-30(22(21)32)24-26-19(14-33-24)16-8-4-2-5-9-16/h2-11,14,29,31H,12-13H2,1H3. The van der Waals surface area contributed by atoms with E-state index >= 15 is 0 Å². The quantitative estimate of drug-likeness (QED) is 0.288. The van der Waals surface area contributed by atoms with Crippen molar-refractivity contribution >= 4 is 33.5 Å². The molecule has 0 spiro atoms. The van der Waals surface area contributed by atoms with Gasteiger partial charge in [-0.1, -0.05) is 72.0 Å². The number of aliphatic hydroxyl groups excluding tert-OH is 1. The number of aromatic amines is 1. The number of aromatic nitrogens is 4. The molecule has 34 heavy (non-hydrogen) atoms. The first-order valence-electron chi connectivity index (χ1n) is 10.5. The van der Waals surface area contributed by atoms with Crippen molar-refractivity contribution in [3.05, 3.63) is 87.0 Å². The van der Waals surface area contributed by atoms with Gasteiger partial charge in [0.2, 0.25) is 10.3 Å². The van der Waals surface area contributed by atoms with Gasteiger partial charge in [0, 0.05) is 34.4 Å². The largest absolute Gasteiger partial charge is 0.396 e. The minimum Gasteiger partial charge on any atom is -0.396 e. The van der Waals surface area contributed by atoms with Crippen molar-refractivity contribution in [3.63, 3.8) is 0 Å². The molecule has 10 heteroatoms. The van der Waals surface area contributed by atoms with E-state index in [0.717, 1.165) is 27.4 Å². The molecule has 3 heterocycles. The van der Waals surface area contributed by atoms with Gasteiger partial charge in [-0.2, -0.15) is 4.68 Å². The summed E-state index contributed by atoms with van der Waals surface area (Å²) in [6, 6.07) is 19.3. The first kappa shape index (κ1) is 22.1. The second kappa shape index (κ2) is 9.64. The molecule has 0 saturated carbocycles. The van der Waals surface area contributed by atoms with Gasteiger partial charge >= 0.3 is 5.56 Å². The Hall–Kier alpha value is -3.73. The number of rotatable bonds is 7. The van der Waals surface area contributed by atoms with Crippen LogP contribution in [0.3, 0.4) is 0 Å². The zero-order valence-corrected chi connectivity index (χ0v) is 19.8. The minimum absolute atomic E-state index is 0.0145. The van der Waals surface area contributed by atoms with Gasteiger partial charge in [-0.05, 0) is 6.92 Å². The fourth-order valence-corrected chi connectivity index (χ4v) is 5.02. The Morgan fingerprint density at radius 2 is 1.71 bits per heavy atom. The highest BCUT2D eigenvalue weighted by molar-refractivity contribution is 7.15. The molecule has 5 rings (SSSR count). The van der Waals surface area contributed by atoms with Crippen molar-refractivity contribution in [1.29, 1.82) is 0 Å². The van der Waals surface area contributed by atoms with Crippen LogP contribution in [0.4, 0.5) is 10.8 Å². The molecular formula is C24H20N6O2S2. The molecule has 0 atom stereocenters. The lowest BCUT2D eigenvalue weighted by molar-refractivity contribution is 0.298. The lowest BCUT2D eigenvalue weighted by Gasteiger charge is -1.99. The molecule has 170 valence electrons. The maximum atomic E-state index is 13.4. The third-order valence-corrected chi connectivity index (χ3v) is 6.87. The van der Waals surface area contributed by atoms with Gasteiger partial charge in [0.15, 0.2) is 5.69 Å². The van der Waals surface area contributed by atoms with Gasteiger partial charge in [-0.3, -0.25) is 9.89 Å². The van der Waals surface area contributed by atoms with Gasteiger partial charge < -0.3 is 5.11 Å². The second-order valence-corrected chi connectivity index (χ2v) is 9.41. The summed E-state index contributed by atoms with van der Waals surface area (Å²) in [6.45, 7) is 1.94. The average Bonchev–Trinajstić information content (AvgIpc) is 3.57. The van der Waals surface area contributed by atoms with Gasteiger partial charge in [0.25, 0.3) is 0 Å². The molecule has 2 N–H and O–H groups in total. The Bertz CT molecular complexity index is 1500. The highest BCUT2D eigenvalue weighted by atomic mass is 32.1. The van der Waals surface area contributed by atoms with E-state index in [1.807, 2.05) is 73.0 Å². The van der Waals surface area contributed by atoms with Crippen LogP contribution < -0.4 is 5.56 Å². The van der Waals surface area contributed by atoms with Crippen LogP contribution in [0.1, 0.15) is 10.6 Å². The lowest BCUT2D eigenvalue weighted by atomic mass is 10.1. The van der Waals surface area contributed by atoms with E-state index in [1.54, 1.807) is 0 Å². The maximum absolute atomic E-state index is 13.4. The van der Waals surface area contributed by atoms with Crippen molar-refractivity contribution in [2.24, 2.45) is 10.2 Å². The van der Waals surface area contributed by atoms with Crippen molar-refractivity contribution in [2.45, 2.75) is 13.3 Å². The van der Waals surface area contributed by atoms with Crippen molar-refractivity contribution < 1.29 is 5.11 Å². The SMILES string of the molecule is Cc1sc(N=Nc2c(-c3ccccc3)[nH]n(-c3nc(-c4ccccc4)cs3)c2=O)nc1CCO. The zero-order chi connectivity index (χ0) is 23.5. The summed E-state index contributed by atoms with van der Waals surface area (Å²) < 4.78 is 1.40. The number of thiazole rings is 2. The molecule has 0 saturated heterocycles. The number of benzene rings is 2. The molecule has 0 aliphatic carbocycles. The number of nitrogens with one attached hydrogen (secondary N) is 1. The van der Waals surface area contributed by atoms with Crippen LogP contribution in [0, 0.1) is 6.92 Å². The second-order valence-electron chi connectivity index (χ2n) is 7.40. The predicted molar refractivity (Wildman–Crippen MR) is 135 cm³/mol. The fraction of sp³-hybridized carbons (Fsp3) is 0.125. The molecule has 0 radical (unpaired) electrons. The lowest BCUT2D eigenvalue weighted by Crippen LogP contribution is -2.13. The normalized spacial score (nSPS) is 11.5. The van der Waals surface area contributed by atoms with Gasteiger partial charge in [-0.15, -0.1) is 21.6 Å². The topological polar surface area (TPSA) is 109 Å². The van der Waals surface area contributed by atoms with E-state index in [4.69, 9.17) is 0 Å². The third-order valence-electron chi connectivity index (χ3n) is 5.15. The highest BCUT2D eigenvalue weighted by Crippen LogP contribution is 2.31. The smallest absolute Gasteiger partial charge is 0.301 e. The average molecular weight is 489 g/mol. The van der Waals surface area contributed by atoms with E-state index < -0.39 is 0 Å². The molecule has 3 aromatic heterocycles. The van der Waals surface area contributed by atoms with Crippen molar-refractivity contribution in [2.75, 3.05) is 6.61 Å². The van der Waals surface area contributed by atoms with Crippen molar-refractivity contribution in [3.8, 4) is 27.6 Å². The Balaban J connectivity index is 1.57. The molecular weight excluding hydrogens is 468 g/mol. The van der Waals surface area contributed by atoms with E-state index in [2.05, 4.69) is 25.3 Å². The van der Waals surface area contributed by atoms with Crippen LogP contribution in [-0.2, 0) is 6.42 Å². The number of aliphatic hydroxyl groups is 1. The Labute approximate surface area is 202 Å². The van der Waals surface area contributed by atoms with Crippen LogP contribution >= 0.6 is 22.7 Å². The number of aryl methyl sites for hydroxylation is 1. The number of hydrogen-bond acceptors (Lipinski definition) is 8.